The predicted molar refractivity (Wildman–Crippen MR) is 82.8 cm³/mol. The minimum atomic E-state index is -4.76. The van der Waals surface area contributed by atoms with E-state index in [0.29, 0.717) is 18.9 Å². The van der Waals surface area contributed by atoms with Crippen LogP contribution >= 0.6 is 0 Å². The van der Waals surface area contributed by atoms with E-state index < -0.39 is 52.2 Å². The number of rotatable bonds is 1. The number of hydrogen-bond donors (Lipinski definition) is 0. The summed E-state index contributed by atoms with van der Waals surface area (Å²) >= 11 is 0. The molecular formula is C18H15F3N2O3. The molecule has 5 nitrogen and oxygen atoms in total. The van der Waals surface area contributed by atoms with E-state index in [0.717, 1.165) is 11.0 Å². The van der Waals surface area contributed by atoms with Crippen molar-refractivity contribution in [1.82, 2.24) is 0 Å². The first-order chi connectivity index (χ1) is 12.0. The Morgan fingerprint density at radius 2 is 1.69 bits per heavy atom. The third kappa shape index (κ3) is 2.01. The van der Waals surface area contributed by atoms with Crippen LogP contribution in [0, 0.1) is 23.2 Å². The Morgan fingerprint density at radius 1 is 1.15 bits per heavy atom. The van der Waals surface area contributed by atoms with Crippen molar-refractivity contribution in [2.75, 3.05) is 4.90 Å². The van der Waals surface area contributed by atoms with Gasteiger partial charge in [0.05, 0.1) is 45.9 Å². The van der Waals surface area contributed by atoms with Gasteiger partial charge < -0.3 is 4.74 Å². The van der Waals surface area contributed by atoms with E-state index in [-0.39, 0.29) is 5.69 Å². The summed E-state index contributed by atoms with van der Waals surface area (Å²) < 4.78 is 45.6. The number of anilines is 1. The molecule has 3 aliphatic rings. The van der Waals surface area contributed by atoms with E-state index in [4.69, 9.17) is 10.00 Å². The van der Waals surface area contributed by atoms with Crippen molar-refractivity contribution in [3.05, 3.63) is 29.3 Å². The molecule has 2 amide bonds. The quantitative estimate of drug-likeness (QED) is 0.718. The van der Waals surface area contributed by atoms with E-state index in [1.165, 1.54) is 12.1 Å². The second kappa shape index (κ2) is 4.86. The highest BCUT2D eigenvalue weighted by Crippen LogP contribution is 2.61. The molecule has 0 saturated carbocycles. The van der Waals surface area contributed by atoms with Crippen LogP contribution in [0.3, 0.4) is 0 Å². The molecule has 2 bridgehead atoms. The third-order valence-corrected chi connectivity index (χ3v) is 5.89. The van der Waals surface area contributed by atoms with Crippen LogP contribution in [0.15, 0.2) is 18.2 Å². The van der Waals surface area contributed by atoms with Crippen LogP contribution in [0.1, 0.15) is 37.8 Å². The molecule has 0 aliphatic carbocycles. The minimum Gasteiger partial charge on any atom is -0.367 e. The normalized spacial score (nSPS) is 35.8. The summed E-state index contributed by atoms with van der Waals surface area (Å²) in [4.78, 5) is 26.7. The molecule has 0 radical (unpaired) electrons. The number of imide groups is 1. The van der Waals surface area contributed by atoms with Crippen LogP contribution in [0.5, 0.6) is 0 Å². The Bertz CT molecular complexity index is 857. The zero-order valence-electron chi connectivity index (χ0n) is 14.1. The Labute approximate surface area is 147 Å². The first kappa shape index (κ1) is 17.0. The van der Waals surface area contributed by atoms with Gasteiger partial charge in [-0.25, -0.2) is 4.90 Å². The summed E-state index contributed by atoms with van der Waals surface area (Å²) in [6.45, 7) is 3.55. The highest BCUT2D eigenvalue weighted by atomic mass is 19.4. The second-order valence-electron chi connectivity index (χ2n) is 7.53. The smallest absolute Gasteiger partial charge is 0.367 e. The van der Waals surface area contributed by atoms with Gasteiger partial charge in [0.15, 0.2) is 0 Å². The molecular weight excluding hydrogens is 349 g/mol. The molecule has 26 heavy (non-hydrogen) atoms. The molecule has 8 heteroatoms. The zero-order valence-corrected chi connectivity index (χ0v) is 14.1. The molecule has 1 aromatic rings. The molecule has 1 aromatic carbocycles. The largest absolute Gasteiger partial charge is 0.417 e. The monoisotopic (exact) mass is 364 g/mol. The van der Waals surface area contributed by atoms with Gasteiger partial charge in [-0.3, -0.25) is 9.59 Å². The van der Waals surface area contributed by atoms with E-state index in [9.17, 15) is 22.8 Å². The lowest BCUT2D eigenvalue weighted by molar-refractivity contribution is -0.138. The maximum atomic E-state index is 13.2. The Hall–Kier alpha value is -2.40. The number of halogens is 3. The van der Waals surface area contributed by atoms with Crippen molar-refractivity contribution >= 4 is 17.5 Å². The molecule has 3 fully saturated rings. The molecule has 3 saturated heterocycles. The first-order valence-corrected chi connectivity index (χ1v) is 8.21. The predicted octanol–water partition coefficient (Wildman–Crippen LogP) is 3.02. The standard InChI is InChI=1S/C18H15F3N2O3/c1-16-5-6-17(2,26-16)13-12(16)14(24)23(15(13)25)10-4-3-9(8-22)11(7-10)18(19,20)21/h3-4,7,12-13H,5-6H2,1-2H3/t12?,13?,16-,17?/m1/s1. The fraction of sp³-hybridized carbons (Fsp3) is 0.500. The molecule has 4 atom stereocenters. The van der Waals surface area contributed by atoms with Gasteiger partial charge in [0.2, 0.25) is 11.8 Å². The number of benzene rings is 1. The number of ether oxygens (including phenoxy) is 1. The van der Waals surface area contributed by atoms with Crippen LogP contribution in [-0.4, -0.2) is 23.0 Å². The van der Waals surface area contributed by atoms with E-state index in [2.05, 4.69) is 0 Å². The van der Waals surface area contributed by atoms with Gasteiger partial charge in [0.1, 0.15) is 0 Å². The SMILES string of the molecule is CC12CC[C@@](C)(O1)C1C(=O)N(c3ccc(C#N)c(C(F)(F)F)c3)C(=O)C12. The fourth-order valence-electron chi connectivity index (χ4n) is 4.73. The topological polar surface area (TPSA) is 70.4 Å². The van der Waals surface area contributed by atoms with Crippen LogP contribution < -0.4 is 4.90 Å². The highest BCUT2D eigenvalue weighted by Gasteiger charge is 2.72. The van der Waals surface area contributed by atoms with Crippen LogP contribution in [0.4, 0.5) is 18.9 Å². The molecule has 0 aromatic heterocycles. The van der Waals surface area contributed by atoms with Gasteiger partial charge in [-0.15, -0.1) is 0 Å². The van der Waals surface area contributed by atoms with Crippen LogP contribution in [0.25, 0.3) is 0 Å². The van der Waals surface area contributed by atoms with Gasteiger partial charge in [0, 0.05) is 0 Å². The van der Waals surface area contributed by atoms with Gasteiger partial charge in [-0.05, 0) is 44.9 Å². The lowest BCUT2D eigenvalue weighted by atomic mass is 9.69. The summed E-state index contributed by atoms with van der Waals surface area (Å²) in [6.07, 6.45) is -3.51. The molecule has 3 unspecified atom stereocenters. The Balaban J connectivity index is 1.80. The summed E-state index contributed by atoms with van der Waals surface area (Å²) in [5, 5.41) is 8.90. The van der Waals surface area contributed by atoms with Crippen molar-refractivity contribution < 1.29 is 27.5 Å². The minimum absolute atomic E-state index is 0.160. The number of fused-ring (bicyclic) bond motifs is 5. The van der Waals surface area contributed by atoms with Gasteiger partial charge in [0.25, 0.3) is 0 Å². The summed E-state index contributed by atoms with van der Waals surface area (Å²) in [7, 11) is 0. The van der Waals surface area contributed by atoms with E-state index in [1.54, 1.807) is 13.8 Å². The van der Waals surface area contributed by atoms with E-state index in [1.807, 2.05) is 0 Å². The molecule has 3 aliphatic heterocycles. The van der Waals surface area contributed by atoms with Crippen molar-refractivity contribution in [2.24, 2.45) is 11.8 Å². The van der Waals surface area contributed by atoms with Crippen molar-refractivity contribution in [3.63, 3.8) is 0 Å². The van der Waals surface area contributed by atoms with Gasteiger partial charge >= 0.3 is 6.18 Å². The molecule has 0 spiro atoms. The molecule has 3 heterocycles. The first-order valence-electron chi connectivity index (χ1n) is 8.21. The number of carbonyl (C=O) groups is 2. The number of carbonyl (C=O) groups excluding carboxylic acids is 2. The van der Waals surface area contributed by atoms with Crippen molar-refractivity contribution in [1.29, 1.82) is 5.26 Å². The average molecular weight is 364 g/mol. The summed E-state index contributed by atoms with van der Waals surface area (Å²) in [5.74, 6) is -2.47. The lowest BCUT2D eigenvalue weighted by Gasteiger charge is -2.27. The Kier molecular flexibility index (Phi) is 3.18. The Morgan fingerprint density at radius 3 is 2.15 bits per heavy atom. The van der Waals surface area contributed by atoms with Crippen molar-refractivity contribution in [2.45, 2.75) is 44.1 Å². The van der Waals surface area contributed by atoms with Gasteiger partial charge in [-0.2, -0.15) is 18.4 Å². The average Bonchev–Trinajstić information content (AvgIpc) is 3.10. The van der Waals surface area contributed by atoms with Gasteiger partial charge in [-0.1, -0.05) is 0 Å². The van der Waals surface area contributed by atoms with Crippen molar-refractivity contribution in [3.8, 4) is 6.07 Å². The number of hydrogen-bond acceptors (Lipinski definition) is 4. The van der Waals surface area contributed by atoms with E-state index >= 15 is 0 Å². The molecule has 4 rings (SSSR count). The zero-order chi connectivity index (χ0) is 19.1. The summed E-state index contributed by atoms with van der Waals surface area (Å²) in [5.41, 5.74) is -3.43. The number of alkyl halides is 3. The molecule has 0 N–H and O–H groups in total. The maximum Gasteiger partial charge on any atom is 0.417 e. The number of nitrogens with zero attached hydrogens (tertiary/aromatic N) is 2. The third-order valence-electron chi connectivity index (χ3n) is 5.89. The van der Waals surface area contributed by atoms with Crippen LogP contribution in [0.2, 0.25) is 0 Å². The highest BCUT2D eigenvalue weighted by molar-refractivity contribution is 6.23. The van der Waals surface area contributed by atoms with Crippen LogP contribution in [-0.2, 0) is 20.5 Å². The lowest BCUT2D eigenvalue weighted by Crippen LogP contribution is -2.40. The maximum absolute atomic E-state index is 13.2. The fourth-order valence-corrected chi connectivity index (χ4v) is 4.73. The molecule has 136 valence electrons. The number of nitriles is 1. The number of amides is 2. The summed E-state index contributed by atoms with van der Waals surface area (Å²) in [6, 6.07) is 4.38. The second-order valence-corrected chi connectivity index (χ2v) is 7.53.